The molecule has 0 saturated heterocycles. The topological polar surface area (TPSA) is 128 Å². The first-order valence-corrected chi connectivity index (χ1v) is 12.1. The molecule has 3 heterocycles. The third kappa shape index (κ3) is 4.82. The van der Waals surface area contributed by atoms with E-state index in [0.717, 1.165) is 29.2 Å². The van der Waals surface area contributed by atoms with Gasteiger partial charge in [0, 0.05) is 13.0 Å². The molecule has 33 heavy (non-hydrogen) atoms. The molecule has 0 amide bonds. The standard InChI is InChI=1S/C22H27N7O3S/c1-12-18(32-15-5-3-4-14(10-15)21(30)31)9-8-16(24-12)19-17(29(2)28-26-19)11-23-22-25-20(33-27-22)13-6-7-13/h8-9,13-15H,3-7,10-11H2,1-2H3,(H,23,27)(H,30,31)/t14-,15-/m0/s1. The lowest BCUT2D eigenvalue weighted by Gasteiger charge is -2.27. The van der Waals surface area contributed by atoms with Crippen LogP contribution in [0.2, 0.25) is 0 Å². The molecule has 0 spiro atoms. The molecule has 0 radical (unpaired) electrons. The lowest BCUT2D eigenvalue weighted by Crippen LogP contribution is -2.29. The van der Waals surface area contributed by atoms with Gasteiger partial charge in [0.25, 0.3) is 0 Å². The molecule has 2 aliphatic carbocycles. The van der Waals surface area contributed by atoms with Gasteiger partial charge in [-0.25, -0.2) is 14.6 Å². The van der Waals surface area contributed by atoms with Gasteiger partial charge in [-0.15, -0.1) is 5.10 Å². The fourth-order valence-corrected chi connectivity index (χ4v) is 5.00. The van der Waals surface area contributed by atoms with Crippen LogP contribution in [-0.2, 0) is 18.4 Å². The van der Waals surface area contributed by atoms with Crippen LogP contribution in [0.1, 0.15) is 60.8 Å². The quantitative estimate of drug-likeness (QED) is 0.509. The van der Waals surface area contributed by atoms with Gasteiger partial charge in [-0.05, 0) is 69.1 Å². The van der Waals surface area contributed by atoms with E-state index in [1.807, 2.05) is 26.1 Å². The molecule has 3 aromatic rings. The first-order chi connectivity index (χ1) is 16.0. The van der Waals surface area contributed by atoms with Crippen LogP contribution < -0.4 is 10.1 Å². The SMILES string of the molecule is Cc1nc(-c2nnn(C)c2CNc2nsc(C3CC3)n2)ccc1O[C@H]1CCC[C@H](C(=O)O)C1. The lowest BCUT2D eigenvalue weighted by atomic mass is 9.87. The summed E-state index contributed by atoms with van der Waals surface area (Å²) in [6.07, 6.45) is 5.27. The second-order valence-electron chi connectivity index (χ2n) is 8.81. The number of aliphatic carboxylic acids is 1. The first kappa shape index (κ1) is 21.7. The summed E-state index contributed by atoms with van der Waals surface area (Å²) in [5.74, 6) is 0.822. The van der Waals surface area contributed by atoms with Gasteiger partial charge in [0.15, 0.2) is 0 Å². The van der Waals surface area contributed by atoms with Gasteiger partial charge in [-0.3, -0.25) is 4.79 Å². The highest BCUT2D eigenvalue weighted by Gasteiger charge is 2.29. The molecule has 0 aliphatic heterocycles. The van der Waals surface area contributed by atoms with Gasteiger partial charge < -0.3 is 15.2 Å². The highest BCUT2D eigenvalue weighted by Crippen LogP contribution is 2.41. The van der Waals surface area contributed by atoms with Gasteiger partial charge in [-0.1, -0.05) is 5.21 Å². The largest absolute Gasteiger partial charge is 0.489 e. The van der Waals surface area contributed by atoms with Crippen molar-refractivity contribution in [1.29, 1.82) is 0 Å². The summed E-state index contributed by atoms with van der Waals surface area (Å²) in [4.78, 5) is 20.6. The number of anilines is 1. The Morgan fingerprint density at radius 1 is 1.27 bits per heavy atom. The van der Waals surface area contributed by atoms with E-state index in [0.29, 0.717) is 48.4 Å². The van der Waals surface area contributed by atoms with Crippen molar-refractivity contribution >= 4 is 23.5 Å². The first-order valence-electron chi connectivity index (χ1n) is 11.3. The number of hydrogen-bond donors (Lipinski definition) is 2. The Kier molecular flexibility index (Phi) is 5.96. The molecule has 0 bridgehead atoms. The van der Waals surface area contributed by atoms with Gasteiger partial charge in [0.2, 0.25) is 5.95 Å². The molecule has 2 fully saturated rings. The predicted octanol–water partition coefficient (Wildman–Crippen LogP) is 3.55. The number of carboxylic acid groups (broad SMARTS) is 1. The lowest BCUT2D eigenvalue weighted by molar-refractivity contribution is -0.143. The van der Waals surface area contributed by atoms with E-state index in [2.05, 4.69) is 25.0 Å². The van der Waals surface area contributed by atoms with Gasteiger partial charge in [-0.2, -0.15) is 4.37 Å². The number of carbonyl (C=O) groups is 1. The van der Waals surface area contributed by atoms with Gasteiger partial charge >= 0.3 is 5.97 Å². The van der Waals surface area contributed by atoms with Gasteiger partial charge in [0.05, 0.1) is 35.6 Å². The average Bonchev–Trinajstić information content (AvgIpc) is 3.43. The van der Waals surface area contributed by atoms with Crippen LogP contribution in [0.3, 0.4) is 0 Å². The van der Waals surface area contributed by atoms with E-state index in [4.69, 9.17) is 9.72 Å². The summed E-state index contributed by atoms with van der Waals surface area (Å²) >= 11 is 1.46. The Morgan fingerprint density at radius 2 is 2.12 bits per heavy atom. The van der Waals surface area contributed by atoms with Crippen molar-refractivity contribution in [3.05, 3.63) is 28.5 Å². The monoisotopic (exact) mass is 469 g/mol. The average molecular weight is 470 g/mol. The number of rotatable bonds is 8. The normalized spacial score (nSPS) is 20.5. The number of aromatic nitrogens is 6. The van der Waals surface area contributed by atoms with Crippen LogP contribution in [0, 0.1) is 12.8 Å². The minimum atomic E-state index is -0.742. The highest BCUT2D eigenvalue weighted by atomic mass is 32.1. The summed E-state index contributed by atoms with van der Waals surface area (Å²) in [5.41, 5.74) is 3.03. The van der Waals surface area contributed by atoms with Crippen LogP contribution in [-0.4, -0.2) is 46.5 Å². The minimum Gasteiger partial charge on any atom is -0.489 e. The third-order valence-corrected chi connectivity index (χ3v) is 7.15. The van der Waals surface area contributed by atoms with Crippen LogP contribution in [0.15, 0.2) is 12.1 Å². The zero-order valence-corrected chi connectivity index (χ0v) is 19.5. The van der Waals surface area contributed by atoms with E-state index in [1.165, 1.54) is 24.4 Å². The fraction of sp³-hybridized carbons (Fsp3) is 0.545. The van der Waals surface area contributed by atoms with E-state index >= 15 is 0 Å². The van der Waals surface area contributed by atoms with E-state index in [1.54, 1.807) is 4.68 Å². The Balaban J connectivity index is 1.28. The molecule has 3 aromatic heterocycles. The Labute approximate surface area is 195 Å². The zero-order chi connectivity index (χ0) is 22.9. The maximum absolute atomic E-state index is 11.3. The van der Waals surface area contributed by atoms with Crippen molar-refractivity contribution in [3.63, 3.8) is 0 Å². The smallest absolute Gasteiger partial charge is 0.306 e. The molecule has 2 atom stereocenters. The molecule has 0 aromatic carbocycles. The summed E-state index contributed by atoms with van der Waals surface area (Å²) < 4.78 is 12.3. The molecule has 2 aliphatic rings. The molecule has 10 nitrogen and oxygen atoms in total. The van der Waals surface area contributed by atoms with Crippen molar-refractivity contribution in [2.45, 2.75) is 64.0 Å². The van der Waals surface area contributed by atoms with Crippen LogP contribution in [0.25, 0.3) is 11.4 Å². The maximum Gasteiger partial charge on any atom is 0.306 e. The van der Waals surface area contributed by atoms with Crippen molar-refractivity contribution < 1.29 is 14.6 Å². The van der Waals surface area contributed by atoms with E-state index < -0.39 is 5.97 Å². The Morgan fingerprint density at radius 3 is 2.88 bits per heavy atom. The molecule has 0 unspecified atom stereocenters. The number of nitrogens with one attached hydrogen (secondary N) is 1. The van der Waals surface area contributed by atoms with Crippen molar-refractivity contribution in [3.8, 4) is 17.1 Å². The fourth-order valence-electron chi connectivity index (χ4n) is 4.20. The van der Waals surface area contributed by atoms with Crippen LogP contribution in [0.5, 0.6) is 5.75 Å². The number of carboxylic acids is 1. The summed E-state index contributed by atoms with van der Waals surface area (Å²) in [6, 6.07) is 3.76. The number of hydrogen-bond acceptors (Lipinski definition) is 9. The molecule has 2 saturated carbocycles. The molecule has 5 rings (SSSR count). The molecule has 11 heteroatoms. The minimum absolute atomic E-state index is 0.103. The molecular weight excluding hydrogens is 442 g/mol. The Hall–Kier alpha value is -3.08. The number of pyridine rings is 1. The van der Waals surface area contributed by atoms with E-state index in [-0.39, 0.29) is 12.0 Å². The summed E-state index contributed by atoms with van der Waals surface area (Å²) in [7, 11) is 1.85. The third-order valence-electron chi connectivity index (χ3n) is 6.27. The maximum atomic E-state index is 11.3. The zero-order valence-electron chi connectivity index (χ0n) is 18.7. The molecule has 174 valence electrons. The van der Waals surface area contributed by atoms with Crippen molar-refractivity contribution in [2.75, 3.05) is 5.32 Å². The number of ether oxygens (including phenoxy) is 1. The summed E-state index contributed by atoms with van der Waals surface area (Å²) in [6.45, 7) is 2.38. The summed E-state index contributed by atoms with van der Waals surface area (Å²) in [5, 5.41) is 22.2. The Bertz CT molecular complexity index is 1160. The molecular formula is C22H27N7O3S. The number of nitrogens with zero attached hydrogens (tertiary/aromatic N) is 6. The number of aryl methyl sites for hydroxylation is 2. The predicted molar refractivity (Wildman–Crippen MR) is 122 cm³/mol. The van der Waals surface area contributed by atoms with Crippen molar-refractivity contribution in [1.82, 2.24) is 29.3 Å². The van der Waals surface area contributed by atoms with Crippen molar-refractivity contribution in [2.24, 2.45) is 13.0 Å². The van der Waals surface area contributed by atoms with Crippen LogP contribution >= 0.6 is 11.5 Å². The molecule has 2 N–H and O–H groups in total. The van der Waals surface area contributed by atoms with E-state index in [9.17, 15) is 9.90 Å². The van der Waals surface area contributed by atoms with Crippen LogP contribution in [0.4, 0.5) is 5.95 Å². The second-order valence-corrected chi connectivity index (χ2v) is 9.60. The van der Waals surface area contributed by atoms with Gasteiger partial charge in [0.1, 0.15) is 16.5 Å². The second kappa shape index (κ2) is 9.05. The highest BCUT2D eigenvalue weighted by molar-refractivity contribution is 7.05.